The van der Waals surface area contributed by atoms with Gasteiger partial charge in [-0.3, -0.25) is 9.59 Å². The van der Waals surface area contributed by atoms with E-state index in [4.69, 9.17) is 0 Å². The van der Waals surface area contributed by atoms with Crippen LogP contribution in [0.2, 0.25) is 0 Å². The van der Waals surface area contributed by atoms with Gasteiger partial charge in [0.25, 0.3) is 5.91 Å². The van der Waals surface area contributed by atoms with Crippen LogP contribution in [-0.2, 0) is 4.79 Å². The van der Waals surface area contributed by atoms with Gasteiger partial charge >= 0.3 is 0 Å². The van der Waals surface area contributed by atoms with E-state index < -0.39 is 11.6 Å². The van der Waals surface area contributed by atoms with E-state index >= 15 is 0 Å². The zero-order valence-corrected chi connectivity index (χ0v) is 15.5. The molecule has 0 aromatic heterocycles. The molecule has 0 radical (unpaired) electrons. The molecule has 2 unspecified atom stereocenters. The molecule has 25 heavy (non-hydrogen) atoms. The van der Waals surface area contributed by atoms with Gasteiger partial charge in [-0.1, -0.05) is 44.9 Å². The number of benzene rings is 1. The van der Waals surface area contributed by atoms with E-state index in [2.05, 4.69) is 5.32 Å². The number of hydrogen-bond donors (Lipinski definition) is 2. The highest BCUT2D eigenvalue weighted by molar-refractivity contribution is 5.99. The molecule has 0 aliphatic carbocycles. The summed E-state index contributed by atoms with van der Waals surface area (Å²) in [6.45, 7) is 6.70. The van der Waals surface area contributed by atoms with Crippen molar-refractivity contribution in [2.45, 2.75) is 58.1 Å². The average molecular weight is 346 g/mol. The van der Waals surface area contributed by atoms with Crippen LogP contribution in [0.4, 0.5) is 0 Å². The summed E-state index contributed by atoms with van der Waals surface area (Å²) in [7, 11) is 0. The Balaban J connectivity index is 2.05. The van der Waals surface area contributed by atoms with Gasteiger partial charge in [-0.05, 0) is 37.8 Å². The summed E-state index contributed by atoms with van der Waals surface area (Å²) in [5, 5.41) is 13.1. The van der Waals surface area contributed by atoms with Gasteiger partial charge in [-0.2, -0.15) is 0 Å². The average Bonchev–Trinajstić information content (AvgIpc) is 3.03. The van der Waals surface area contributed by atoms with Crippen molar-refractivity contribution in [3.8, 4) is 0 Å². The quantitative estimate of drug-likeness (QED) is 0.797. The molecule has 0 spiro atoms. The van der Waals surface area contributed by atoms with E-state index in [-0.39, 0.29) is 24.3 Å². The Labute approximate surface area is 150 Å². The zero-order chi connectivity index (χ0) is 18.4. The lowest BCUT2D eigenvalue weighted by Gasteiger charge is -2.34. The molecule has 1 heterocycles. The Morgan fingerprint density at radius 3 is 2.48 bits per heavy atom. The first-order valence-corrected chi connectivity index (χ1v) is 9.27. The highest BCUT2D eigenvalue weighted by atomic mass is 16.3. The smallest absolute Gasteiger partial charge is 0.254 e. The van der Waals surface area contributed by atoms with E-state index in [0.29, 0.717) is 18.5 Å². The number of nitrogens with one attached hydrogen (secondary N) is 1. The standard InChI is InChI=1S/C20H30N2O3/c1-4-15(5-2)17(23)14-21-19(25)20(3)12-9-13-22(20)18(24)16-10-7-6-8-11-16/h6-8,10-11,15,17,23H,4-5,9,12-14H2,1-3H3,(H,21,25). The summed E-state index contributed by atoms with van der Waals surface area (Å²) < 4.78 is 0. The van der Waals surface area contributed by atoms with Gasteiger partial charge in [0.05, 0.1) is 6.10 Å². The lowest BCUT2D eigenvalue weighted by atomic mass is 9.94. The molecule has 0 saturated carbocycles. The Morgan fingerprint density at radius 2 is 1.88 bits per heavy atom. The summed E-state index contributed by atoms with van der Waals surface area (Å²) in [4.78, 5) is 27.3. The second-order valence-corrected chi connectivity index (χ2v) is 7.05. The molecule has 1 aromatic rings. The fraction of sp³-hybridized carbons (Fsp3) is 0.600. The van der Waals surface area contributed by atoms with Crippen LogP contribution in [0.15, 0.2) is 30.3 Å². The minimum absolute atomic E-state index is 0.115. The SMILES string of the molecule is CCC(CC)C(O)CNC(=O)C1(C)CCCN1C(=O)c1ccccc1. The molecule has 1 aromatic carbocycles. The first-order valence-electron chi connectivity index (χ1n) is 9.27. The Bertz CT molecular complexity index is 586. The first-order chi connectivity index (χ1) is 11.9. The minimum atomic E-state index is -0.861. The van der Waals surface area contributed by atoms with E-state index in [1.807, 2.05) is 39.0 Å². The Kier molecular flexibility index (Phi) is 6.59. The topological polar surface area (TPSA) is 69.6 Å². The number of aliphatic hydroxyl groups is 1. The molecule has 2 N–H and O–H groups in total. The molecule has 1 fully saturated rings. The number of rotatable bonds is 7. The van der Waals surface area contributed by atoms with Crippen LogP contribution in [0, 0.1) is 5.92 Å². The molecule has 138 valence electrons. The number of aliphatic hydroxyl groups excluding tert-OH is 1. The second kappa shape index (κ2) is 8.48. The lowest BCUT2D eigenvalue weighted by molar-refractivity contribution is -0.130. The van der Waals surface area contributed by atoms with Gasteiger partial charge in [0.2, 0.25) is 5.91 Å². The van der Waals surface area contributed by atoms with Crippen molar-refractivity contribution in [3.05, 3.63) is 35.9 Å². The van der Waals surface area contributed by atoms with E-state index in [1.165, 1.54) is 0 Å². The molecule has 2 atom stereocenters. The van der Waals surface area contributed by atoms with Gasteiger partial charge in [0, 0.05) is 18.7 Å². The van der Waals surface area contributed by atoms with Crippen molar-refractivity contribution in [1.29, 1.82) is 0 Å². The highest BCUT2D eigenvalue weighted by Crippen LogP contribution is 2.31. The van der Waals surface area contributed by atoms with Crippen LogP contribution in [-0.4, -0.2) is 46.6 Å². The van der Waals surface area contributed by atoms with Crippen LogP contribution < -0.4 is 5.32 Å². The number of hydrogen-bond acceptors (Lipinski definition) is 3. The van der Waals surface area contributed by atoms with Gasteiger partial charge in [0.1, 0.15) is 5.54 Å². The van der Waals surface area contributed by atoms with Crippen molar-refractivity contribution in [2.24, 2.45) is 5.92 Å². The van der Waals surface area contributed by atoms with Crippen molar-refractivity contribution in [3.63, 3.8) is 0 Å². The Hall–Kier alpha value is -1.88. The van der Waals surface area contributed by atoms with Crippen molar-refractivity contribution in [2.75, 3.05) is 13.1 Å². The van der Waals surface area contributed by atoms with Crippen LogP contribution in [0.5, 0.6) is 0 Å². The molecule has 1 aliphatic rings. The van der Waals surface area contributed by atoms with Crippen molar-refractivity contribution < 1.29 is 14.7 Å². The maximum absolute atomic E-state index is 12.8. The molecule has 1 aliphatic heterocycles. The van der Waals surface area contributed by atoms with Gasteiger partial charge in [0.15, 0.2) is 0 Å². The summed E-state index contributed by atoms with van der Waals surface area (Å²) in [5.41, 5.74) is -0.263. The summed E-state index contributed by atoms with van der Waals surface area (Å²) in [5.74, 6) is -0.116. The molecule has 2 rings (SSSR count). The Morgan fingerprint density at radius 1 is 1.24 bits per heavy atom. The van der Waals surface area contributed by atoms with Gasteiger partial charge in [-0.25, -0.2) is 0 Å². The molecular weight excluding hydrogens is 316 g/mol. The maximum Gasteiger partial charge on any atom is 0.254 e. The van der Waals surface area contributed by atoms with Crippen LogP contribution >= 0.6 is 0 Å². The lowest BCUT2D eigenvalue weighted by Crippen LogP contribution is -2.56. The maximum atomic E-state index is 12.8. The second-order valence-electron chi connectivity index (χ2n) is 7.05. The summed E-state index contributed by atoms with van der Waals surface area (Å²) >= 11 is 0. The van der Waals surface area contributed by atoms with E-state index in [1.54, 1.807) is 17.0 Å². The van der Waals surface area contributed by atoms with E-state index in [9.17, 15) is 14.7 Å². The number of carbonyl (C=O) groups excluding carboxylic acids is 2. The normalized spacial score (nSPS) is 21.4. The predicted octanol–water partition coefficient (Wildman–Crippen LogP) is 2.59. The molecular formula is C20H30N2O3. The highest BCUT2D eigenvalue weighted by Gasteiger charge is 2.45. The number of likely N-dealkylation sites (tertiary alicyclic amines) is 1. The van der Waals surface area contributed by atoms with Crippen LogP contribution in [0.25, 0.3) is 0 Å². The third-order valence-electron chi connectivity index (χ3n) is 5.46. The first kappa shape index (κ1) is 19.4. The van der Waals surface area contributed by atoms with Crippen LogP contribution in [0.1, 0.15) is 56.8 Å². The fourth-order valence-electron chi connectivity index (χ4n) is 3.65. The third-order valence-corrected chi connectivity index (χ3v) is 5.46. The largest absolute Gasteiger partial charge is 0.391 e. The minimum Gasteiger partial charge on any atom is -0.391 e. The molecule has 1 saturated heterocycles. The van der Waals surface area contributed by atoms with Gasteiger partial charge in [-0.15, -0.1) is 0 Å². The summed E-state index contributed by atoms with van der Waals surface area (Å²) in [6.07, 6.45) is 2.64. The van der Waals surface area contributed by atoms with Crippen molar-refractivity contribution >= 4 is 11.8 Å². The molecule has 5 heteroatoms. The summed E-state index contributed by atoms with van der Waals surface area (Å²) in [6, 6.07) is 9.07. The monoisotopic (exact) mass is 346 g/mol. The zero-order valence-electron chi connectivity index (χ0n) is 15.5. The van der Waals surface area contributed by atoms with Crippen molar-refractivity contribution in [1.82, 2.24) is 10.2 Å². The third kappa shape index (κ3) is 4.21. The van der Waals surface area contributed by atoms with E-state index in [0.717, 1.165) is 19.3 Å². The van der Waals surface area contributed by atoms with Crippen LogP contribution in [0.3, 0.4) is 0 Å². The molecule has 5 nitrogen and oxygen atoms in total. The molecule has 2 amide bonds. The number of amides is 2. The molecule has 0 bridgehead atoms. The van der Waals surface area contributed by atoms with Gasteiger partial charge < -0.3 is 15.3 Å². The number of nitrogens with zero attached hydrogens (tertiary/aromatic N) is 1. The fourth-order valence-corrected chi connectivity index (χ4v) is 3.65. The number of carbonyl (C=O) groups is 2. The predicted molar refractivity (Wildman–Crippen MR) is 98.2 cm³/mol.